The molecule has 2 aromatic heterocycles. The van der Waals surface area contributed by atoms with Crippen LogP contribution in [0.2, 0.25) is 24.2 Å². The third kappa shape index (κ3) is 10.1. The third-order valence-electron chi connectivity index (χ3n) is 5.43. The van der Waals surface area contributed by atoms with Crippen molar-refractivity contribution in [2.75, 3.05) is 25.0 Å². The van der Waals surface area contributed by atoms with Crippen molar-refractivity contribution in [3.05, 3.63) is 47.2 Å². The number of pyridine rings is 1. The van der Waals surface area contributed by atoms with Gasteiger partial charge >= 0.3 is 6.09 Å². The smallest absolute Gasteiger partial charge is 0.407 e. The number of hydrogen-bond donors (Lipinski definition) is 3. The van der Waals surface area contributed by atoms with Gasteiger partial charge in [0.2, 0.25) is 0 Å². The molecule has 0 bridgehead atoms. The van der Waals surface area contributed by atoms with Crippen LogP contribution in [0.5, 0.6) is 11.5 Å². The number of aromatic nitrogens is 2. The van der Waals surface area contributed by atoms with Crippen molar-refractivity contribution in [1.29, 1.82) is 0 Å². The van der Waals surface area contributed by atoms with Crippen molar-refractivity contribution in [3.63, 3.8) is 0 Å². The number of carbonyl (C=O) groups is 1. The van der Waals surface area contributed by atoms with E-state index in [0.29, 0.717) is 42.2 Å². The van der Waals surface area contributed by atoms with Crippen LogP contribution < -0.4 is 20.7 Å². The van der Waals surface area contributed by atoms with Crippen molar-refractivity contribution in [1.82, 2.24) is 20.2 Å². The minimum atomic E-state index is -0.933. The Morgan fingerprint density at radius 2 is 1.85 bits per heavy atom. The molecule has 0 spiro atoms. The van der Waals surface area contributed by atoms with Gasteiger partial charge in [-0.25, -0.2) is 18.6 Å². The Bertz CT molecular complexity index is 1350. The molecule has 41 heavy (non-hydrogen) atoms. The number of carbonyl (C=O) groups excluding carboxylic acids is 1. The van der Waals surface area contributed by atoms with E-state index < -0.39 is 37.9 Å². The summed E-state index contributed by atoms with van der Waals surface area (Å²) in [6.07, 6.45) is 3.16. The van der Waals surface area contributed by atoms with Gasteiger partial charge in [0, 0.05) is 58.7 Å². The second-order valence-electron chi connectivity index (χ2n) is 10.5. The van der Waals surface area contributed by atoms with Gasteiger partial charge in [-0.3, -0.25) is 0 Å². The van der Waals surface area contributed by atoms with Crippen LogP contribution in [-0.4, -0.2) is 54.9 Å². The standard InChI is InChI=1S/C27H35ClF2N5O4SSi/c1-27(2,3)39-26(36)33-9-6-8-32-25(40)34-17-13-19(29)23(20(30)14-17)38-21-7-10-31-24-22(21)18(28)15-35(24)16-37-11-12-41(4)5/h7,10,13-15H,6,8-9,11-12,16H2,1-5H3,(H,33,36)(H2,32,34,40). The molecule has 0 saturated heterocycles. The molecule has 2 heterocycles. The van der Waals surface area contributed by atoms with E-state index in [1.165, 1.54) is 12.3 Å². The maximum atomic E-state index is 15.0. The molecular formula is C27H35ClF2N5O4SSi. The molecule has 0 fully saturated rings. The van der Waals surface area contributed by atoms with Gasteiger partial charge in [-0.1, -0.05) is 24.7 Å². The van der Waals surface area contributed by atoms with Crippen LogP contribution in [0.25, 0.3) is 11.0 Å². The molecule has 0 atom stereocenters. The molecule has 0 saturated carbocycles. The average molecular weight is 627 g/mol. The molecule has 1 amide bonds. The maximum Gasteiger partial charge on any atom is 0.407 e. The van der Waals surface area contributed by atoms with Crippen molar-refractivity contribution < 1.29 is 27.8 Å². The van der Waals surface area contributed by atoms with E-state index in [-0.39, 0.29) is 23.3 Å². The molecule has 0 aliphatic carbocycles. The minimum absolute atomic E-state index is 0.0987. The number of fused-ring (bicyclic) bond motifs is 1. The van der Waals surface area contributed by atoms with E-state index in [0.717, 1.165) is 18.2 Å². The van der Waals surface area contributed by atoms with Crippen LogP contribution in [-0.2, 0) is 16.2 Å². The van der Waals surface area contributed by atoms with Gasteiger partial charge < -0.3 is 34.7 Å². The quantitative estimate of drug-likeness (QED) is 0.116. The topological polar surface area (TPSA) is 98.7 Å². The molecule has 3 rings (SSSR count). The number of rotatable bonds is 12. The number of amides is 1. The zero-order valence-electron chi connectivity index (χ0n) is 23.7. The average Bonchev–Trinajstić information content (AvgIpc) is 3.18. The van der Waals surface area contributed by atoms with Crippen molar-refractivity contribution in [3.8, 4) is 11.5 Å². The molecule has 1 radical (unpaired) electrons. The molecule has 1 aromatic carbocycles. The third-order valence-corrected chi connectivity index (χ3v) is 7.16. The second-order valence-corrected chi connectivity index (χ2v) is 14.2. The van der Waals surface area contributed by atoms with Crippen LogP contribution in [0.15, 0.2) is 30.6 Å². The number of benzene rings is 1. The molecule has 14 heteroatoms. The van der Waals surface area contributed by atoms with Gasteiger partial charge in [-0.05, 0) is 51.5 Å². The molecule has 223 valence electrons. The lowest BCUT2D eigenvalue weighted by Gasteiger charge is -2.19. The van der Waals surface area contributed by atoms with Gasteiger partial charge in [0.25, 0.3) is 0 Å². The fourth-order valence-electron chi connectivity index (χ4n) is 3.57. The first kappa shape index (κ1) is 32.5. The van der Waals surface area contributed by atoms with Crippen molar-refractivity contribution in [2.24, 2.45) is 0 Å². The Kier molecular flexibility index (Phi) is 11.7. The lowest BCUT2D eigenvalue weighted by Crippen LogP contribution is -2.35. The monoisotopic (exact) mass is 626 g/mol. The Morgan fingerprint density at radius 3 is 2.51 bits per heavy atom. The summed E-state index contributed by atoms with van der Waals surface area (Å²) in [6, 6.07) is 4.65. The van der Waals surface area contributed by atoms with Crippen LogP contribution in [0.1, 0.15) is 27.2 Å². The summed E-state index contributed by atoms with van der Waals surface area (Å²) in [5.41, 5.74) is -0.00447. The molecule has 0 unspecified atom stereocenters. The van der Waals surface area contributed by atoms with E-state index in [2.05, 4.69) is 34.0 Å². The summed E-state index contributed by atoms with van der Waals surface area (Å²) in [4.78, 5) is 16.0. The molecule has 9 nitrogen and oxygen atoms in total. The molecular weight excluding hydrogens is 592 g/mol. The SMILES string of the molecule is C[Si](C)CCOCn1cc(Cl)c2c(Oc3c(F)cc(NC(=S)NCCCNC(=O)OC(C)(C)C)cc3F)ccnc21. The fraction of sp³-hybridized carbons (Fsp3) is 0.444. The lowest BCUT2D eigenvalue weighted by atomic mass is 10.2. The van der Waals surface area contributed by atoms with Crippen LogP contribution in [0, 0.1) is 11.6 Å². The number of nitrogens with one attached hydrogen (secondary N) is 3. The summed E-state index contributed by atoms with van der Waals surface area (Å²) in [5.74, 6) is -2.30. The summed E-state index contributed by atoms with van der Waals surface area (Å²) in [5, 5.41) is 9.20. The number of thiocarbonyl (C=S) groups is 1. The Labute approximate surface area is 250 Å². The maximum absolute atomic E-state index is 15.0. The first-order valence-corrected chi connectivity index (χ1v) is 16.5. The summed E-state index contributed by atoms with van der Waals surface area (Å²) < 4.78 is 48.2. The largest absolute Gasteiger partial charge is 0.450 e. The Morgan fingerprint density at radius 1 is 1.17 bits per heavy atom. The second kappa shape index (κ2) is 14.8. The van der Waals surface area contributed by atoms with Gasteiger partial charge in [0.05, 0.1) is 10.4 Å². The van der Waals surface area contributed by atoms with Gasteiger partial charge in [0.15, 0.2) is 22.5 Å². The van der Waals surface area contributed by atoms with Gasteiger partial charge in [0.1, 0.15) is 23.7 Å². The Hall–Kier alpha value is -3.00. The van der Waals surface area contributed by atoms with E-state index in [9.17, 15) is 13.6 Å². The zero-order chi connectivity index (χ0) is 30.2. The predicted molar refractivity (Wildman–Crippen MR) is 162 cm³/mol. The molecule has 3 aromatic rings. The van der Waals surface area contributed by atoms with Gasteiger partial charge in [-0.15, -0.1) is 0 Å². The highest BCUT2D eigenvalue weighted by atomic mass is 35.5. The van der Waals surface area contributed by atoms with Crippen LogP contribution in [0.4, 0.5) is 19.3 Å². The number of halogens is 3. The first-order chi connectivity index (χ1) is 19.3. The highest BCUT2D eigenvalue weighted by Gasteiger charge is 2.19. The highest BCUT2D eigenvalue weighted by Crippen LogP contribution is 2.37. The van der Waals surface area contributed by atoms with Gasteiger partial charge in [-0.2, -0.15) is 0 Å². The number of ether oxygens (including phenoxy) is 3. The van der Waals surface area contributed by atoms with E-state index in [1.54, 1.807) is 31.5 Å². The lowest BCUT2D eigenvalue weighted by molar-refractivity contribution is 0.0527. The molecule has 0 aliphatic rings. The van der Waals surface area contributed by atoms with Crippen molar-refractivity contribution in [2.45, 2.75) is 58.7 Å². The zero-order valence-corrected chi connectivity index (χ0v) is 26.3. The Balaban J connectivity index is 1.58. The van der Waals surface area contributed by atoms with Crippen LogP contribution >= 0.6 is 23.8 Å². The number of alkyl carbamates (subject to hydrolysis) is 1. The summed E-state index contributed by atoms with van der Waals surface area (Å²) in [6.45, 7) is 11.4. The first-order valence-electron chi connectivity index (χ1n) is 13.0. The summed E-state index contributed by atoms with van der Waals surface area (Å²) >= 11 is 11.6. The molecule has 0 aliphatic heterocycles. The summed E-state index contributed by atoms with van der Waals surface area (Å²) in [7, 11) is -0.396. The van der Waals surface area contributed by atoms with E-state index in [4.69, 9.17) is 38.0 Å². The number of anilines is 1. The molecule has 3 N–H and O–H groups in total. The predicted octanol–water partition coefficient (Wildman–Crippen LogP) is 6.69. The minimum Gasteiger partial charge on any atom is -0.450 e. The number of hydrogen-bond acceptors (Lipinski definition) is 6. The fourth-order valence-corrected chi connectivity index (χ4v) is 4.64. The number of nitrogens with zero attached hydrogens (tertiary/aromatic N) is 2. The highest BCUT2D eigenvalue weighted by molar-refractivity contribution is 7.80. The van der Waals surface area contributed by atoms with E-state index in [1.807, 2.05) is 0 Å². The normalized spacial score (nSPS) is 11.5. The van der Waals surface area contributed by atoms with E-state index >= 15 is 0 Å². The van der Waals surface area contributed by atoms with Crippen LogP contribution in [0.3, 0.4) is 0 Å². The van der Waals surface area contributed by atoms with Crippen molar-refractivity contribution >= 4 is 60.5 Å².